The molecule has 166 valence electrons. The summed E-state index contributed by atoms with van der Waals surface area (Å²) in [6.45, 7) is 13.9. The molecule has 0 atom stereocenters. The number of allylic oxidation sites excluding steroid dienone is 2. The molecule has 0 unspecified atom stereocenters. The molecule has 0 aromatic heterocycles. The van der Waals surface area contributed by atoms with Crippen LogP contribution in [0.15, 0.2) is 48.7 Å². The second-order valence-electron chi connectivity index (χ2n) is 9.46. The number of nitrogens with one attached hydrogen (secondary N) is 2. The van der Waals surface area contributed by atoms with Crippen molar-refractivity contribution in [1.29, 1.82) is 5.26 Å². The smallest absolute Gasteiger partial charge is 0.0991 e. The number of rotatable bonds is 7. The summed E-state index contributed by atoms with van der Waals surface area (Å²) in [5.41, 5.74) is 9.27. The SMILES string of the molecule is C=Cc1cc(C2CC2)c(N2CCNC2)cc1C(C)(C)/C(NC)=C(\C)c1ccc(C#N)cc1. The Balaban J connectivity index is 1.84. The number of nitriles is 1. The minimum Gasteiger partial charge on any atom is -0.390 e. The summed E-state index contributed by atoms with van der Waals surface area (Å²) >= 11 is 0. The molecular formula is C28H34N4. The number of nitrogens with zero attached hydrogens (tertiary/aromatic N) is 2. The highest BCUT2D eigenvalue weighted by Crippen LogP contribution is 2.48. The van der Waals surface area contributed by atoms with Crippen molar-refractivity contribution in [1.82, 2.24) is 10.6 Å². The Morgan fingerprint density at radius 1 is 1.25 bits per heavy atom. The molecule has 4 heteroatoms. The van der Waals surface area contributed by atoms with Gasteiger partial charge in [-0.25, -0.2) is 0 Å². The molecule has 1 heterocycles. The standard InChI is InChI=1S/C28H34N4/c1-6-21-15-24(23-11-12-23)26(32-14-13-31-18-32)16-25(21)28(3,4)27(30-5)19(2)22-9-7-20(17-29)8-10-22/h6-10,15-16,23,30-31H,1,11-14,18H2,2-5H3/b27-19-. The molecule has 32 heavy (non-hydrogen) atoms. The van der Waals surface area contributed by atoms with Crippen LogP contribution in [0.5, 0.6) is 0 Å². The Bertz CT molecular complexity index is 1080. The van der Waals surface area contributed by atoms with Crippen LogP contribution in [0.1, 0.15) is 67.3 Å². The van der Waals surface area contributed by atoms with Gasteiger partial charge in [0, 0.05) is 36.9 Å². The van der Waals surface area contributed by atoms with Crippen molar-refractivity contribution in [2.45, 2.75) is 44.9 Å². The number of likely N-dealkylation sites (N-methyl/N-ethyl adjacent to an activating group) is 1. The third-order valence-corrected chi connectivity index (χ3v) is 7.01. The van der Waals surface area contributed by atoms with Gasteiger partial charge >= 0.3 is 0 Å². The van der Waals surface area contributed by atoms with Crippen LogP contribution in [0.3, 0.4) is 0 Å². The van der Waals surface area contributed by atoms with Gasteiger partial charge in [0.15, 0.2) is 0 Å². The molecule has 1 saturated carbocycles. The molecule has 1 aliphatic carbocycles. The van der Waals surface area contributed by atoms with Crippen molar-refractivity contribution >= 4 is 17.3 Å². The maximum Gasteiger partial charge on any atom is 0.0991 e. The Labute approximate surface area is 192 Å². The minimum atomic E-state index is -0.250. The van der Waals surface area contributed by atoms with Crippen molar-refractivity contribution in [2.75, 3.05) is 31.7 Å². The molecule has 1 saturated heterocycles. The van der Waals surface area contributed by atoms with E-state index < -0.39 is 0 Å². The lowest BCUT2D eigenvalue weighted by Crippen LogP contribution is -2.31. The summed E-state index contributed by atoms with van der Waals surface area (Å²) in [7, 11) is 2.00. The van der Waals surface area contributed by atoms with E-state index >= 15 is 0 Å². The normalized spacial score (nSPS) is 17.0. The highest BCUT2D eigenvalue weighted by atomic mass is 15.3. The predicted molar refractivity (Wildman–Crippen MR) is 135 cm³/mol. The predicted octanol–water partition coefficient (Wildman–Crippen LogP) is 5.37. The average Bonchev–Trinajstić information content (AvgIpc) is 3.52. The van der Waals surface area contributed by atoms with Crippen LogP contribution < -0.4 is 15.5 Å². The first-order valence-corrected chi connectivity index (χ1v) is 11.6. The van der Waals surface area contributed by atoms with Gasteiger partial charge < -0.3 is 10.2 Å². The van der Waals surface area contributed by atoms with E-state index in [2.05, 4.69) is 61.1 Å². The third-order valence-electron chi connectivity index (χ3n) is 7.01. The number of hydrogen-bond acceptors (Lipinski definition) is 4. The monoisotopic (exact) mass is 426 g/mol. The van der Waals surface area contributed by atoms with E-state index in [1.54, 1.807) is 0 Å². The van der Waals surface area contributed by atoms with E-state index in [0.29, 0.717) is 11.5 Å². The third kappa shape index (κ3) is 4.06. The van der Waals surface area contributed by atoms with Gasteiger partial charge in [-0.3, -0.25) is 5.32 Å². The summed E-state index contributed by atoms with van der Waals surface area (Å²) in [6.07, 6.45) is 4.58. The zero-order valence-corrected chi connectivity index (χ0v) is 19.8. The van der Waals surface area contributed by atoms with Gasteiger partial charge in [0.2, 0.25) is 0 Å². The van der Waals surface area contributed by atoms with Crippen LogP contribution in [0.4, 0.5) is 5.69 Å². The fraction of sp³-hybridized carbons (Fsp3) is 0.393. The van der Waals surface area contributed by atoms with Gasteiger partial charge in [-0.15, -0.1) is 0 Å². The van der Waals surface area contributed by atoms with Crippen LogP contribution in [0.2, 0.25) is 0 Å². The molecule has 2 N–H and O–H groups in total. The maximum absolute atomic E-state index is 9.15. The molecular weight excluding hydrogens is 392 g/mol. The van der Waals surface area contributed by atoms with Crippen LogP contribution in [-0.4, -0.2) is 26.8 Å². The zero-order valence-electron chi connectivity index (χ0n) is 19.8. The van der Waals surface area contributed by atoms with Crippen molar-refractivity contribution < 1.29 is 0 Å². The van der Waals surface area contributed by atoms with Crippen LogP contribution in [0.25, 0.3) is 11.6 Å². The highest BCUT2D eigenvalue weighted by Gasteiger charge is 2.34. The van der Waals surface area contributed by atoms with E-state index in [0.717, 1.165) is 25.3 Å². The molecule has 2 aliphatic rings. The van der Waals surface area contributed by atoms with Crippen LogP contribution in [-0.2, 0) is 5.41 Å². The molecule has 0 bridgehead atoms. The molecule has 0 radical (unpaired) electrons. The molecule has 0 amide bonds. The second kappa shape index (κ2) is 8.84. The summed E-state index contributed by atoms with van der Waals surface area (Å²) in [5, 5.41) is 16.1. The van der Waals surface area contributed by atoms with Gasteiger partial charge in [0.1, 0.15) is 0 Å². The maximum atomic E-state index is 9.15. The van der Waals surface area contributed by atoms with Crippen molar-refractivity contribution in [2.24, 2.45) is 0 Å². The van der Waals surface area contributed by atoms with E-state index in [1.807, 2.05) is 37.4 Å². The number of hydrogen-bond donors (Lipinski definition) is 2. The van der Waals surface area contributed by atoms with Crippen molar-refractivity contribution in [3.05, 3.63) is 76.5 Å². The lowest BCUT2D eigenvalue weighted by Gasteiger charge is -2.34. The molecule has 4 rings (SSSR count). The fourth-order valence-electron chi connectivity index (χ4n) is 5.08. The lowest BCUT2D eigenvalue weighted by atomic mass is 9.75. The average molecular weight is 427 g/mol. The number of benzene rings is 2. The van der Waals surface area contributed by atoms with E-state index in [9.17, 15) is 0 Å². The Kier molecular flexibility index (Phi) is 6.13. The summed E-state index contributed by atoms with van der Waals surface area (Å²) in [6, 6.07) is 14.9. The topological polar surface area (TPSA) is 51.1 Å². The molecule has 2 aromatic rings. The molecule has 4 nitrogen and oxygen atoms in total. The first-order valence-electron chi connectivity index (χ1n) is 11.6. The van der Waals surface area contributed by atoms with E-state index in [1.165, 1.54) is 46.5 Å². The fourth-order valence-corrected chi connectivity index (χ4v) is 5.08. The number of anilines is 1. The molecule has 1 aliphatic heterocycles. The summed E-state index contributed by atoms with van der Waals surface area (Å²) in [5.74, 6) is 0.682. The van der Waals surface area contributed by atoms with Gasteiger partial charge in [-0.1, -0.05) is 38.6 Å². The first-order chi connectivity index (χ1) is 15.4. The van der Waals surface area contributed by atoms with Gasteiger partial charge in [-0.05, 0) is 77.8 Å². The largest absolute Gasteiger partial charge is 0.390 e. The van der Waals surface area contributed by atoms with Crippen LogP contribution in [0, 0.1) is 11.3 Å². The Morgan fingerprint density at radius 2 is 1.97 bits per heavy atom. The molecule has 2 fully saturated rings. The van der Waals surface area contributed by atoms with Crippen molar-refractivity contribution in [3.8, 4) is 6.07 Å². The molecule has 0 spiro atoms. The van der Waals surface area contributed by atoms with Gasteiger partial charge in [0.05, 0.1) is 18.3 Å². The Morgan fingerprint density at radius 3 is 2.50 bits per heavy atom. The second-order valence-corrected chi connectivity index (χ2v) is 9.46. The highest BCUT2D eigenvalue weighted by molar-refractivity contribution is 5.73. The first kappa shape index (κ1) is 22.2. The van der Waals surface area contributed by atoms with E-state index in [-0.39, 0.29) is 5.41 Å². The minimum absolute atomic E-state index is 0.250. The van der Waals surface area contributed by atoms with Gasteiger partial charge in [-0.2, -0.15) is 5.26 Å². The summed E-state index contributed by atoms with van der Waals surface area (Å²) in [4.78, 5) is 2.48. The zero-order chi connectivity index (χ0) is 22.9. The van der Waals surface area contributed by atoms with E-state index in [4.69, 9.17) is 5.26 Å². The molecule has 2 aromatic carbocycles. The summed E-state index contributed by atoms with van der Waals surface area (Å²) < 4.78 is 0. The van der Waals surface area contributed by atoms with Gasteiger partial charge in [0.25, 0.3) is 0 Å². The van der Waals surface area contributed by atoms with Crippen molar-refractivity contribution in [3.63, 3.8) is 0 Å². The quantitative estimate of drug-likeness (QED) is 0.625. The lowest BCUT2D eigenvalue weighted by molar-refractivity contribution is 0.581. The Hall–Kier alpha value is -3.03. The van der Waals surface area contributed by atoms with Crippen LogP contribution >= 0.6 is 0 Å².